The number of rotatable bonds is 5. The number of carbonyl (C=O) groups excluding carboxylic acids is 1. The van der Waals surface area contributed by atoms with Crippen LogP contribution in [0.3, 0.4) is 0 Å². The zero-order valence-corrected chi connectivity index (χ0v) is 10.6. The molecule has 0 spiro atoms. The third-order valence-electron chi connectivity index (χ3n) is 2.71. The fourth-order valence-corrected chi connectivity index (χ4v) is 1.71. The smallest absolute Gasteiger partial charge is 0.240 e. The number of hydrogen-bond donors (Lipinski definition) is 1. The van der Waals surface area contributed by atoms with Gasteiger partial charge >= 0.3 is 0 Å². The van der Waals surface area contributed by atoms with Gasteiger partial charge in [-0.05, 0) is 29.8 Å². The summed E-state index contributed by atoms with van der Waals surface area (Å²) in [5.41, 5.74) is 2.51. The van der Waals surface area contributed by atoms with Crippen molar-refractivity contribution in [2.45, 2.75) is 6.54 Å². The van der Waals surface area contributed by atoms with Gasteiger partial charge in [-0.3, -0.25) is 0 Å². The van der Waals surface area contributed by atoms with Crippen LogP contribution in [0.5, 0.6) is 5.75 Å². The average Bonchev–Trinajstić information content (AvgIpc) is 2.47. The molecule has 0 aliphatic carbocycles. The van der Waals surface area contributed by atoms with Crippen LogP contribution in [-0.4, -0.2) is 13.2 Å². The van der Waals surface area contributed by atoms with E-state index in [4.69, 9.17) is 4.74 Å². The van der Waals surface area contributed by atoms with Crippen LogP contribution in [0, 0.1) is 0 Å². The van der Waals surface area contributed by atoms with E-state index in [9.17, 15) is 4.79 Å². The van der Waals surface area contributed by atoms with Gasteiger partial charge in [0.15, 0.2) is 0 Å². The van der Waals surface area contributed by atoms with Crippen LogP contribution in [0.2, 0.25) is 0 Å². The molecule has 0 aliphatic heterocycles. The lowest BCUT2D eigenvalue weighted by Crippen LogP contribution is -1.99. The number of hydrogen-bond acceptors (Lipinski definition) is 4. The molecule has 4 heteroatoms. The number of para-hydroxylation sites is 2. The molecule has 0 unspecified atom stereocenters. The standard InChI is InChI=1S/C15H14N2O2/c1-19-13-8-6-12(7-9-13)10-16-14-4-2-3-5-15(14)17-11-18/h2-9,16H,10H2,1H3. The number of isocyanates is 1. The van der Waals surface area contributed by atoms with Crippen LogP contribution in [0.25, 0.3) is 0 Å². The minimum absolute atomic E-state index is 0.589. The highest BCUT2D eigenvalue weighted by molar-refractivity contribution is 5.68. The Bertz CT molecular complexity index is 587. The summed E-state index contributed by atoms with van der Waals surface area (Å²) in [5, 5.41) is 3.24. The molecule has 0 saturated heterocycles. The minimum Gasteiger partial charge on any atom is -0.497 e. The first-order chi connectivity index (χ1) is 9.33. The van der Waals surface area contributed by atoms with Gasteiger partial charge in [0, 0.05) is 6.54 Å². The van der Waals surface area contributed by atoms with Gasteiger partial charge in [0.2, 0.25) is 6.08 Å². The molecular formula is C15H14N2O2. The van der Waals surface area contributed by atoms with Crippen molar-refractivity contribution in [2.24, 2.45) is 4.99 Å². The summed E-state index contributed by atoms with van der Waals surface area (Å²) in [6.45, 7) is 0.648. The van der Waals surface area contributed by atoms with E-state index < -0.39 is 0 Å². The molecule has 2 rings (SSSR count). The SMILES string of the molecule is COc1ccc(CNc2ccccc2N=C=O)cc1. The van der Waals surface area contributed by atoms with Crippen LogP contribution in [0.1, 0.15) is 5.56 Å². The normalized spacial score (nSPS) is 9.53. The Morgan fingerprint density at radius 2 is 1.89 bits per heavy atom. The van der Waals surface area contributed by atoms with Crippen molar-refractivity contribution < 1.29 is 9.53 Å². The Labute approximate surface area is 111 Å². The van der Waals surface area contributed by atoms with Crippen LogP contribution < -0.4 is 10.1 Å². The molecule has 4 nitrogen and oxygen atoms in total. The van der Waals surface area contributed by atoms with Gasteiger partial charge in [-0.25, -0.2) is 4.79 Å². The van der Waals surface area contributed by atoms with Gasteiger partial charge in [-0.1, -0.05) is 24.3 Å². The third-order valence-corrected chi connectivity index (χ3v) is 2.71. The Morgan fingerprint density at radius 1 is 1.16 bits per heavy atom. The number of nitrogens with zero attached hydrogens (tertiary/aromatic N) is 1. The van der Waals surface area contributed by atoms with E-state index in [-0.39, 0.29) is 0 Å². The first-order valence-corrected chi connectivity index (χ1v) is 5.87. The van der Waals surface area contributed by atoms with Crippen molar-refractivity contribution in [3.05, 3.63) is 54.1 Å². The van der Waals surface area contributed by atoms with Crippen molar-refractivity contribution in [1.29, 1.82) is 0 Å². The topological polar surface area (TPSA) is 50.7 Å². The zero-order valence-electron chi connectivity index (χ0n) is 10.6. The summed E-state index contributed by atoms with van der Waals surface area (Å²) >= 11 is 0. The largest absolute Gasteiger partial charge is 0.497 e. The maximum Gasteiger partial charge on any atom is 0.240 e. The quantitative estimate of drug-likeness (QED) is 0.658. The predicted octanol–water partition coefficient (Wildman–Crippen LogP) is 3.27. The highest BCUT2D eigenvalue weighted by Gasteiger charge is 2.00. The molecule has 0 fully saturated rings. The van der Waals surface area contributed by atoms with Crippen molar-refractivity contribution in [3.63, 3.8) is 0 Å². The maximum atomic E-state index is 10.3. The number of nitrogens with one attached hydrogen (secondary N) is 1. The van der Waals surface area contributed by atoms with Crippen LogP contribution in [0.15, 0.2) is 53.5 Å². The fraction of sp³-hybridized carbons (Fsp3) is 0.133. The van der Waals surface area contributed by atoms with E-state index in [2.05, 4.69) is 10.3 Å². The lowest BCUT2D eigenvalue weighted by molar-refractivity contribution is 0.414. The number of anilines is 1. The first-order valence-electron chi connectivity index (χ1n) is 5.87. The Kier molecular flexibility index (Phi) is 4.32. The second-order valence-corrected chi connectivity index (χ2v) is 3.92. The second-order valence-electron chi connectivity index (χ2n) is 3.92. The van der Waals surface area contributed by atoms with Gasteiger partial charge in [-0.2, -0.15) is 4.99 Å². The van der Waals surface area contributed by atoms with Gasteiger partial charge in [-0.15, -0.1) is 0 Å². The molecule has 0 aromatic heterocycles. The van der Waals surface area contributed by atoms with E-state index in [1.54, 1.807) is 19.3 Å². The molecular weight excluding hydrogens is 240 g/mol. The molecule has 0 amide bonds. The summed E-state index contributed by atoms with van der Waals surface area (Å²) in [6.07, 6.45) is 1.56. The average molecular weight is 254 g/mol. The number of ether oxygens (including phenoxy) is 1. The van der Waals surface area contributed by atoms with Gasteiger partial charge in [0.25, 0.3) is 0 Å². The summed E-state index contributed by atoms with van der Waals surface area (Å²) < 4.78 is 5.10. The number of methoxy groups -OCH3 is 1. The Morgan fingerprint density at radius 3 is 2.58 bits per heavy atom. The molecule has 0 saturated carbocycles. The molecule has 0 aliphatic rings. The molecule has 0 heterocycles. The van der Waals surface area contributed by atoms with E-state index in [1.165, 1.54) is 0 Å². The van der Waals surface area contributed by atoms with E-state index in [0.29, 0.717) is 12.2 Å². The molecule has 0 radical (unpaired) electrons. The zero-order chi connectivity index (χ0) is 13.5. The molecule has 2 aromatic carbocycles. The second kappa shape index (κ2) is 6.38. The summed E-state index contributed by atoms with van der Waals surface area (Å²) in [7, 11) is 1.64. The number of benzene rings is 2. The van der Waals surface area contributed by atoms with Gasteiger partial charge in [0.05, 0.1) is 18.5 Å². The first kappa shape index (κ1) is 12.9. The van der Waals surface area contributed by atoms with Crippen LogP contribution in [-0.2, 0) is 11.3 Å². The summed E-state index contributed by atoms with van der Waals surface area (Å²) in [4.78, 5) is 14.0. The number of aliphatic imine (C=N–C) groups is 1. The Hall–Kier alpha value is -2.58. The van der Waals surface area contributed by atoms with Crippen LogP contribution in [0.4, 0.5) is 11.4 Å². The summed E-state index contributed by atoms with van der Waals surface area (Å²) in [6, 6.07) is 15.1. The van der Waals surface area contributed by atoms with Crippen molar-refractivity contribution in [2.75, 3.05) is 12.4 Å². The van der Waals surface area contributed by atoms with Gasteiger partial charge < -0.3 is 10.1 Å². The van der Waals surface area contributed by atoms with Gasteiger partial charge in [0.1, 0.15) is 5.75 Å². The molecule has 1 N–H and O–H groups in total. The predicted molar refractivity (Wildman–Crippen MR) is 74.5 cm³/mol. The Balaban J connectivity index is 2.07. The van der Waals surface area contributed by atoms with Crippen LogP contribution >= 0.6 is 0 Å². The minimum atomic E-state index is 0.589. The maximum absolute atomic E-state index is 10.3. The monoisotopic (exact) mass is 254 g/mol. The third kappa shape index (κ3) is 3.44. The molecule has 19 heavy (non-hydrogen) atoms. The fourth-order valence-electron chi connectivity index (χ4n) is 1.71. The molecule has 0 atom stereocenters. The van der Waals surface area contributed by atoms with Crippen molar-refractivity contribution in [1.82, 2.24) is 0 Å². The van der Waals surface area contributed by atoms with E-state index in [1.807, 2.05) is 42.5 Å². The highest BCUT2D eigenvalue weighted by atomic mass is 16.5. The summed E-state index contributed by atoms with van der Waals surface area (Å²) in [5.74, 6) is 0.828. The lowest BCUT2D eigenvalue weighted by atomic mass is 10.2. The van der Waals surface area contributed by atoms with E-state index >= 15 is 0 Å². The molecule has 2 aromatic rings. The lowest BCUT2D eigenvalue weighted by Gasteiger charge is -2.09. The molecule has 96 valence electrons. The van der Waals surface area contributed by atoms with Crippen molar-refractivity contribution >= 4 is 17.5 Å². The molecule has 0 bridgehead atoms. The van der Waals surface area contributed by atoms with E-state index in [0.717, 1.165) is 17.0 Å². The van der Waals surface area contributed by atoms with Crippen molar-refractivity contribution in [3.8, 4) is 5.75 Å². The highest BCUT2D eigenvalue weighted by Crippen LogP contribution is 2.24.